The van der Waals surface area contributed by atoms with Crippen molar-refractivity contribution in [3.05, 3.63) is 69.4 Å². The van der Waals surface area contributed by atoms with Crippen LogP contribution in [0.25, 0.3) is 11.0 Å². The molecule has 0 radical (unpaired) electrons. The molecule has 39 heavy (non-hydrogen) atoms. The maximum absolute atomic E-state index is 14.0. The summed E-state index contributed by atoms with van der Waals surface area (Å²) >= 11 is 0. The second kappa shape index (κ2) is 10.9. The largest absolute Gasteiger partial charge is 0.440 e. The van der Waals surface area contributed by atoms with Crippen molar-refractivity contribution in [1.82, 2.24) is 4.90 Å². The molecule has 8 nitrogen and oxygen atoms in total. The summed E-state index contributed by atoms with van der Waals surface area (Å²) in [6.07, 6.45) is 0.505. The van der Waals surface area contributed by atoms with Gasteiger partial charge in [0.25, 0.3) is 5.91 Å². The van der Waals surface area contributed by atoms with Crippen molar-refractivity contribution < 1.29 is 27.8 Å². The number of nitrogens with zero attached hydrogens (tertiary/aromatic N) is 3. The molecule has 0 saturated carbocycles. The molecule has 0 bridgehead atoms. The number of rotatable bonds is 5. The van der Waals surface area contributed by atoms with Gasteiger partial charge in [-0.25, -0.2) is 8.78 Å². The Morgan fingerprint density at radius 2 is 1.77 bits per heavy atom. The SMILES string of the molecule is C[C@@H]1CN(c2cc(=O)c3cc(C(=O)N4CCC(O)CC4)cc([C@@H](C)N(C)c4cc(F)cc(F)c4)c3o2)CCO1. The summed E-state index contributed by atoms with van der Waals surface area (Å²) in [4.78, 5) is 32.2. The Bertz CT molecular complexity index is 1420. The average Bonchev–Trinajstić information content (AvgIpc) is 2.91. The van der Waals surface area contributed by atoms with Crippen LogP contribution in [0, 0.1) is 11.6 Å². The third-order valence-corrected chi connectivity index (χ3v) is 7.68. The van der Waals surface area contributed by atoms with E-state index in [1.807, 2.05) is 18.7 Å². The van der Waals surface area contributed by atoms with E-state index in [0.717, 1.165) is 6.07 Å². The van der Waals surface area contributed by atoms with E-state index >= 15 is 0 Å². The minimum atomic E-state index is -0.708. The maximum atomic E-state index is 14.0. The summed E-state index contributed by atoms with van der Waals surface area (Å²) in [5, 5.41) is 10.1. The third-order valence-electron chi connectivity index (χ3n) is 7.68. The van der Waals surface area contributed by atoms with E-state index in [4.69, 9.17) is 9.15 Å². The molecule has 3 aromatic rings. The van der Waals surface area contributed by atoms with E-state index in [1.165, 1.54) is 18.2 Å². The minimum absolute atomic E-state index is 0.0322. The lowest BCUT2D eigenvalue weighted by Crippen LogP contribution is -2.41. The molecule has 5 rings (SSSR count). The highest BCUT2D eigenvalue weighted by Gasteiger charge is 2.27. The van der Waals surface area contributed by atoms with Gasteiger partial charge in [0.2, 0.25) is 0 Å². The minimum Gasteiger partial charge on any atom is -0.440 e. The van der Waals surface area contributed by atoms with Crippen LogP contribution >= 0.6 is 0 Å². The molecule has 1 amide bonds. The summed E-state index contributed by atoms with van der Waals surface area (Å²) in [5.41, 5.74) is 1.19. The van der Waals surface area contributed by atoms with Gasteiger partial charge in [-0.3, -0.25) is 9.59 Å². The lowest BCUT2D eigenvalue weighted by atomic mass is 9.98. The van der Waals surface area contributed by atoms with E-state index in [0.29, 0.717) is 73.9 Å². The summed E-state index contributed by atoms with van der Waals surface area (Å²) in [6, 6.07) is 7.43. The Morgan fingerprint density at radius 3 is 2.44 bits per heavy atom. The van der Waals surface area contributed by atoms with E-state index in [1.54, 1.807) is 29.0 Å². The number of carbonyl (C=O) groups excluding carboxylic acids is 1. The predicted molar refractivity (Wildman–Crippen MR) is 144 cm³/mol. The number of hydrogen-bond donors (Lipinski definition) is 1. The van der Waals surface area contributed by atoms with Crippen LogP contribution in [-0.4, -0.2) is 68.0 Å². The second-order valence-corrected chi connectivity index (χ2v) is 10.5. The quantitative estimate of drug-likeness (QED) is 0.521. The van der Waals surface area contributed by atoms with Crippen LogP contribution in [0.3, 0.4) is 0 Å². The van der Waals surface area contributed by atoms with E-state index in [-0.39, 0.29) is 22.8 Å². The van der Waals surface area contributed by atoms with Gasteiger partial charge in [0.1, 0.15) is 17.2 Å². The Labute approximate surface area is 225 Å². The topological polar surface area (TPSA) is 86.5 Å². The second-order valence-electron chi connectivity index (χ2n) is 10.5. The molecule has 2 atom stereocenters. The van der Waals surface area contributed by atoms with Gasteiger partial charge in [-0.2, -0.15) is 0 Å². The van der Waals surface area contributed by atoms with Crippen molar-refractivity contribution in [3.8, 4) is 0 Å². The van der Waals surface area contributed by atoms with Gasteiger partial charge >= 0.3 is 0 Å². The van der Waals surface area contributed by atoms with Gasteiger partial charge in [0.15, 0.2) is 11.3 Å². The normalized spacial score (nSPS) is 19.4. The fourth-order valence-electron chi connectivity index (χ4n) is 5.31. The van der Waals surface area contributed by atoms with Crippen molar-refractivity contribution in [2.75, 3.05) is 49.6 Å². The molecule has 208 valence electrons. The molecule has 3 heterocycles. The molecule has 2 aliphatic heterocycles. The number of ether oxygens (including phenoxy) is 1. The monoisotopic (exact) mass is 541 g/mol. The molecule has 2 saturated heterocycles. The molecular formula is C29H33F2N3O5. The first-order valence-corrected chi connectivity index (χ1v) is 13.3. The van der Waals surface area contributed by atoms with Crippen molar-refractivity contribution in [3.63, 3.8) is 0 Å². The zero-order valence-corrected chi connectivity index (χ0v) is 22.3. The highest BCUT2D eigenvalue weighted by atomic mass is 19.1. The van der Waals surface area contributed by atoms with Gasteiger partial charge in [0, 0.05) is 62.2 Å². The molecule has 1 N–H and O–H groups in total. The Kier molecular flexibility index (Phi) is 7.59. The fourth-order valence-corrected chi connectivity index (χ4v) is 5.31. The van der Waals surface area contributed by atoms with Crippen LogP contribution in [0.4, 0.5) is 20.4 Å². The molecule has 10 heteroatoms. The highest BCUT2D eigenvalue weighted by molar-refractivity contribution is 5.99. The molecule has 0 aliphatic carbocycles. The molecule has 2 fully saturated rings. The van der Waals surface area contributed by atoms with Crippen LogP contribution < -0.4 is 15.2 Å². The number of hydrogen-bond acceptors (Lipinski definition) is 7. The average molecular weight is 542 g/mol. The first kappa shape index (κ1) is 27.1. The number of halogens is 2. The van der Waals surface area contributed by atoms with Crippen molar-refractivity contribution in [2.24, 2.45) is 0 Å². The van der Waals surface area contributed by atoms with E-state index in [2.05, 4.69) is 0 Å². The van der Waals surface area contributed by atoms with Gasteiger partial charge < -0.3 is 29.0 Å². The lowest BCUT2D eigenvalue weighted by molar-refractivity contribution is 0.0517. The molecule has 2 aromatic carbocycles. The number of piperidine rings is 1. The van der Waals surface area contributed by atoms with Crippen LogP contribution in [0.1, 0.15) is 48.7 Å². The van der Waals surface area contributed by atoms with Gasteiger partial charge in [0.05, 0.1) is 30.2 Å². The van der Waals surface area contributed by atoms with Gasteiger partial charge in [-0.1, -0.05) is 0 Å². The number of benzene rings is 2. The number of anilines is 2. The Balaban J connectivity index is 1.62. The highest BCUT2D eigenvalue weighted by Crippen LogP contribution is 2.34. The molecule has 1 aromatic heterocycles. The number of likely N-dealkylation sites (tertiary alicyclic amines) is 1. The number of aliphatic hydroxyl groups excluding tert-OH is 1. The van der Waals surface area contributed by atoms with Crippen molar-refractivity contribution >= 4 is 28.4 Å². The molecular weight excluding hydrogens is 508 g/mol. The number of aliphatic hydroxyl groups is 1. The van der Waals surface area contributed by atoms with Crippen LogP contribution in [0.5, 0.6) is 0 Å². The van der Waals surface area contributed by atoms with E-state index in [9.17, 15) is 23.5 Å². The summed E-state index contributed by atoms with van der Waals surface area (Å²) in [7, 11) is 1.69. The number of amides is 1. The number of morpholine rings is 1. The van der Waals surface area contributed by atoms with Crippen LogP contribution in [0.15, 0.2) is 45.6 Å². The molecule has 0 spiro atoms. The molecule has 0 unspecified atom stereocenters. The maximum Gasteiger partial charge on any atom is 0.253 e. The smallest absolute Gasteiger partial charge is 0.253 e. The fraction of sp³-hybridized carbons (Fsp3) is 0.448. The standard InChI is InChI=1S/C29H33F2N3O5/c1-17-16-34(8-9-38-17)27-15-26(36)25-11-19(29(37)33-6-4-23(35)5-7-33)10-24(28(25)39-27)18(2)32(3)22-13-20(30)12-21(31)14-22/h10-15,17-18,23,35H,4-9,16H2,1-3H3/t17-,18-/m1/s1. The first-order chi connectivity index (χ1) is 18.6. The van der Waals surface area contributed by atoms with Crippen molar-refractivity contribution in [2.45, 2.75) is 44.9 Å². The summed E-state index contributed by atoms with van der Waals surface area (Å²) in [5.74, 6) is -1.26. The predicted octanol–water partition coefficient (Wildman–Crippen LogP) is 4.09. The first-order valence-electron chi connectivity index (χ1n) is 13.3. The lowest BCUT2D eigenvalue weighted by Gasteiger charge is -2.32. The van der Waals surface area contributed by atoms with Gasteiger partial charge in [-0.15, -0.1) is 0 Å². The summed E-state index contributed by atoms with van der Waals surface area (Å²) < 4.78 is 40.1. The number of carbonyl (C=O) groups is 1. The Morgan fingerprint density at radius 1 is 1.08 bits per heavy atom. The molecule has 2 aliphatic rings. The van der Waals surface area contributed by atoms with Crippen LogP contribution in [0.2, 0.25) is 0 Å². The van der Waals surface area contributed by atoms with Crippen LogP contribution in [-0.2, 0) is 4.74 Å². The van der Waals surface area contributed by atoms with E-state index < -0.39 is 23.8 Å². The zero-order valence-electron chi connectivity index (χ0n) is 22.3. The van der Waals surface area contributed by atoms with Crippen molar-refractivity contribution in [1.29, 1.82) is 0 Å². The third kappa shape index (κ3) is 5.62. The Hall–Kier alpha value is -3.50. The summed E-state index contributed by atoms with van der Waals surface area (Å²) in [6.45, 7) is 6.21. The number of fused-ring (bicyclic) bond motifs is 1. The van der Waals surface area contributed by atoms with Gasteiger partial charge in [-0.05, 0) is 51.0 Å². The zero-order chi connectivity index (χ0) is 27.8.